The Morgan fingerprint density at radius 1 is 1.33 bits per heavy atom. The van der Waals surface area contributed by atoms with E-state index in [1.807, 2.05) is 0 Å². The molecule has 2 heterocycles. The lowest BCUT2D eigenvalue weighted by atomic mass is 9.72. The number of carbonyl (C=O) groups excluding carboxylic acids is 1. The second kappa shape index (κ2) is 7.00. The lowest BCUT2D eigenvalue weighted by molar-refractivity contribution is -0.120. The van der Waals surface area contributed by atoms with Crippen LogP contribution < -0.4 is 9.97 Å². The quantitative estimate of drug-likeness (QED) is 0.455. The predicted molar refractivity (Wildman–Crippen MR) is 85.8 cm³/mol. The van der Waals surface area contributed by atoms with Crippen molar-refractivity contribution >= 4 is 13.0 Å². The van der Waals surface area contributed by atoms with Crippen molar-refractivity contribution in [3.05, 3.63) is 59.4 Å². The summed E-state index contributed by atoms with van der Waals surface area (Å²) in [5, 5.41) is 31.6. The zero-order valence-corrected chi connectivity index (χ0v) is 12.8. The van der Waals surface area contributed by atoms with Gasteiger partial charge in [0, 0.05) is 18.0 Å². The minimum Gasteiger partial charge on any atom is -0.534 e. The zero-order chi connectivity index (χ0) is 17.1. The van der Waals surface area contributed by atoms with Crippen LogP contribution in [-0.4, -0.2) is 39.2 Å². The van der Waals surface area contributed by atoms with Gasteiger partial charge in [-0.25, -0.2) is 0 Å². The predicted octanol–water partition coefficient (Wildman–Crippen LogP) is -0.253. The smallest absolute Gasteiger partial charge is 0.534 e. The molecule has 1 aromatic carbocycles. The molecule has 0 saturated carbocycles. The van der Waals surface area contributed by atoms with E-state index in [1.165, 1.54) is 6.07 Å². The minimum absolute atomic E-state index is 0.175. The lowest BCUT2D eigenvalue weighted by Gasteiger charge is -2.29. The Kier molecular flexibility index (Phi) is 4.80. The van der Waals surface area contributed by atoms with Crippen LogP contribution >= 0.6 is 0 Å². The highest BCUT2D eigenvalue weighted by Gasteiger charge is 2.37. The minimum atomic E-state index is -1.69. The van der Waals surface area contributed by atoms with Crippen LogP contribution in [0.1, 0.15) is 23.0 Å². The van der Waals surface area contributed by atoms with Gasteiger partial charge in [-0.2, -0.15) is 0 Å². The van der Waals surface area contributed by atoms with Crippen LogP contribution in [0.15, 0.2) is 42.7 Å². The van der Waals surface area contributed by atoms with Gasteiger partial charge in [0.15, 0.2) is 6.29 Å². The van der Waals surface area contributed by atoms with Crippen LogP contribution in [0.2, 0.25) is 0 Å². The number of aromatic nitrogens is 1. The SMILES string of the molecule is O=C(Cc1ccncc1)N[C@H]1Cc2cccc(C(O)O)c2OB1O. The number of hydrogen-bond donors (Lipinski definition) is 4. The van der Waals surface area contributed by atoms with Gasteiger partial charge in [0.25, 0.3) is 0 Å². The molecule has 2 aromatic rings. The third-order valence-electron chi connectivity index (χ3n) is 3.89. The molecular formula is C16H17BN2O5. The van der Waals surface area contributed by atoms with E-state index < -0.39 is 19.3 Å². The number of pyridine rings is 1. The van der Waals surface area contributed by atoms with E-state index in [4.69, 9.17) is 4.65 Å². The number of para-hydroxylation sites is 1. The van der Waals surface area contributed by atoms with Crippen molar-refractivity contribution in [2.75, 3.05) is 0 Å². The number of aliphatic hydroxyl groups is 2. The second-order valence-corrected chi connectivity index (χ2v) is 5.63. The topological polar surface area (TPSA) is 112 Å². The lowest BCUT2D eigenvalue weighted by Crippen LogP contribution is -2.53. The average Bonchev–Trinajstić information content (AvgIpc) is 2.55. The van der Waals surface area contributed by atoms with Gasteiger partial charge >= 0.3 is 7.12 Å². The Labute approximate surface area is 139 Å². The first kappa shape index (κ1) is 16.4. The number of hydrogen-bond acceptors (Lipinski definition) is 6. The first-order valence-corrected chi connectivity index (χ1v) is 7.55. The van der Waals surface area contributed by atoms with Gasteiger partial charge in [0.05, 0.1) is 12.4 Å². The Morgan fingerprint density at radius 3 is 2.79 bits per heavy atom. The molecule has 1 aromatic heterocycles. The van der Waals surface area contributed by atoms with Gasteiger partial charge in [-0.3, -0.25) is 9.78 Å². The number of nitrogens with one attached hydrogen (secondary N) is 1. The van der Waals surface area contributed by atoms with E-state index in [2.05, 4.69) is 10.3 Å². The summed E-state index contributed by atoms with van der Waals surface area (Å²) in [6, 6.07) is 8.44. The standard InChI is InChI=1S/C16H17BN2O5/c20-14(8-10-4-6-18-7-5-10)19-13-9-11-2-1-3-12(16(21)22)15(11)24-17(13)23/h1-7,13,16,21-23H,8-9H2,(H,19,20)/t13-/m0/s1. The Hall–Kier alpha value is -2.42. The zero-order valence-electron chi connectivity index (χ0n) is 12.8. The van der Waals surface area contributed by atoms with Crippen molar-refractivity contribution in [1.29, 1.82) is 0 Å². The molecule has 1 aliphatic rings. The fraction of sp³-hybridized carbons (Fsp3) is 0.250. The maximum atomic E-state index is 12.1. The number of aliphatic hydroxyl groups excluding tert-OH is 1. The Bertz CT molecular complexity index is 726. The molecule has 3 rings (SSSR count). The number of benzene rings is 1. The molecule has 0 unspecified atom stereocenters. The number of carbonyl (C=O) groups is 1. The number of nitrogens with zero attached hydrogens (tertiary/aromatic N) is 1. The number of rotatable bonds is 4. The van der Waals surface area contributed by atoms with E-state index >= 15 is 0 Å². The number of amides is 1. The van der Waals surface area contributed by atoms with Crippen LogP contribution in [0.5, 0.6) is 5.75 Å². The van der Waals surface area contributed by atoms with Gasteiger partial charge < -0.3 is 25.2 Å². The summed E-state index contributed by atoms with van der Waals surface area (Å²) in [4.78, 5) is 16.0. The van der Waals surface area contributed by atoms with E-state index in [0.717, 1.165) is 5.56 Å². The summed E-state index contributed by atoms with van der Waals surface area (Å²) < 4.78 is 5.40. The van der Waals surface area contributed by atoms with Crippen molar-refractivity contribution < 1.29 is 24.7 Å². The third kappa shape index (κ3) is 3.56. The van der Waals surface area contributed by atoms with Gasteiger partial charge in [0.2, 0.25) is 5.91 Å². The fourth-order valence-electron chi connectivity index (χ4n) is 2.72. The largest absolute Gasteiger partial charge is 0.547 e. The molecule has 1 aliphatic heterocycles. The first-order valence-electron chi connectivity index (χ1n) is 7.55. The highest BCUT2D eigenvalue weighted by Crippen LogP contribution is 2.32. The molecule has 1 amide bonds. The molecule has 24 heavy (non-hydrogen) atoms. The van der Waals surface area contributed by atoms with Crippen LogP contribution in [0.25, 0.3) is 0 Å². The van der Waals surface area contributed by atoms with E-state index in [0.29, 0.717) is 12.0 Å². The van der Waals surface area contributed by atoms with Crippen LogP contribution in [0, 0.1) is 0 Å². The van der Waals surface area contributed by atoms with Crippen molar-refractivity contribution in [3.8, 4) is 5.75 Å². The van der Waals surface area contributed by atoms with Crippen LogP contribution in [0.3, 0.4) is 0 Å². The summed E-state index contributed by atoms with van der Waals surface area (Å²) in [6.07, 6.45) is 2.04. The molecule has 0 saturated heterocycles. The highest BCUT2D eigenvalue weighted by atomic mass is 16.5. The van der Waals surface area contributed by atoms with Crippen molar-refractivity contribution in [3.63, 3.8) is 0 Å². The summed E-state index contributed by atoms with van der Waals surface area (Å²) in [7, 11) is -1.27. The molecule has 8 heteroatoms. The maximum absolute atomic E-state index is 12.1. The summed E-state index contributed by atoms with van der Waals surface area (Å²) in [5.74, 6) is -0.604. The van der Waals surface area contributed by atoms with Crippen LogP contribution in [-0.2, 0) is 17.6 Å². The van der Waals surface area contributed by atoms with E-state index in [1.54, 1.807) is 36.7 Å². The van der Waals surface area contributed by atoms with Gasteiger partial charge in [-0.1, -0.05) is 18.2 Å². The molecule has 124 valence electrons. The molecular weight excluding hydrogens is 311 g/mol. The summed E-state index contributed by atoms with van der Waals surface area (Å²) in [6.45, 7) is 0. The second-order valence-electron chi connectivity index (χ2n) is 5.63. The molecule has 0 fully saturated rings. The fourth-order valence-corrected chi connectivity index (χ4v) is 2.72. The van der Waals surface area contributed by atoms with E-state index in [-0.39, 0.29) is 23.6 Å². The van der Waals surface area contributed by atoms with Gasteiger partial charge in [0.1, 0.15) is 5.75 Å². The van der Waals surface area contributed by atoms with Gasteiger partial charge in [-0.15, -0.1) is 0 Å². The molecule has 1 atom stereocenters. The first-order chi connectivity index (χ1) is 11.5. The van der Waals surface area contributed by atoms with Crippen LogP contribution in [0.4, 0.5) is 0 Å². The normalized spacial score (nSPS) is 16.5. The van der Waals surface area contributed by atoms with Crippen molar-refractivity contribution in [2.45, 2.75) is 25.1 Å². The summed E-state index contributed by atoms with van der Waals surface area (Å²) >= 11 is 0. The summed E-state index contributed by atoms with van der Waals surface area (Å²) in [5.41, 5.74) is 1.70. The molecule has 0 radical (unpaired) electrons. The Morgan fingerprint density at radius 2 is 2.08 bits per heavy atom. The molecule has 4 N–H and O–H groups in total. The molecule has 0 bridgehead atoms. The third-order valence-corrected chi connectivity index (χ3v) is 3.89. The highest BCUT2D eigenvalue weighted by molar-refractivity contribution is 6.46. The average molecular weight is 328 g/mol. The molecule has 7 nitrogen and oxygen atoms in total. The Balaban J connectivity index is 1.70. The van der Waals surface area contributed by atoms with E-state index in [9.17, 15) is 20.0 Å². The van der Waals surface area contributed by atoms with Crippen molar-refractivity contribution in [1.82, 2.24) is 10.3 Å². The monoisotopic (exact) mass is 328 g/mol. The molecule has 0 spiro atoms. The van der Waals surface area contributed by atoms with Crippen molar-refractivity contribution in [2.24, 2.45) is 0 Å². The maximum Gasteiger partial charge on any atom is 0.547 e. The van der Waals surface area contributed by atoms with Gasteiger partial charge in [-0.05, 0) is 29.7 Å². The molecule has 0 aliphatic carbocycles. The number of fused-ring (bicyclic) bond motifs is 1.